The van der Waals surface area contributed by atoms with E-state index in [1.807, 2.05) is 20.8 Å². The Kier molecular flexibility index (Phi) is 3.94. The van der Waals surface area contributed by atoms with Crippen molar-refractivity contribution in [3.05, 3.63) is 39.3 Å². The minimum Gasteiger partial charge on any atom is -0.508 e. The predicted octanol–water partition coefficient (Wildman–Crippen LogP) is 2.66. The van der Waals surface area contributed by atoms with Gasteiger partial charge in [-0.25, -0.2) is 4.98 Å². The zero-order chi connectivity index (χ0) is 14.9. The maximum Gasteiger partial charge on any atom is 0.255 e. The van der Waals surface area contributed by atoms with Crippen molar-refractivity contribution in [3.63, 3.8) is 0 Å². The van der Waals surface area contributed by atoms with Crippen LogP contribution >= 0.6 is 11.3 Å². The number of phenols is 2. The van der Waals surface area contributed by atoms with Gasteiger partial charge in [0.25, 0.3) is 5.91 Å². The van der Waals surface area contributed by atoms with Gasteiger partial charge in [-0.15, -0.1) is 11.3 Å². The Labute approximate surface area is 120 Å². The second-order valence-corrected chi connectivity index (χ2v) is 5.81. The molecule has 0 aliphatic rings. The monoisotopic (exact) mass is 292 g/mol. The zero-order valence-corrected chi connectivity index (χ0v) is 12.3. The summed E-state index contributed by atoms with van der Waals surface area (Å²) in [5.74, 6) is -0.661. The molecule has 20 heavy (non-hydrogen) atoms. The molecule has 1 unspecified atom stereocenters. The Morgan fingerprint density at radius 2 is 2.05 bits per heavy atom. The van der Waals surface area contributed by atoms with Gasteiger partial charge in [-0.05, 0) is 39.0 Å². The van der Waals surface area contributed by atoms with Gasteiger partial charge < -0.3 is 15.5 Å². The number of thiazole rings is 1. The van der Waals surface area contributed by atoms with Gasteiger partial charge in [-0.3, -0.25) is 4.79 Å². The van der Waals surface area contributed by atoms with Crippen molar-refractivity contribution in [2.75, 3.05) is 0 Å². The Hall–Kier alpha value is -2.08. The number of carbonyl (C=O) groups is 1. The van der Waals surface area contributed by atoms with Crippen LogP contribution in [0.5, 0.6) is 11.5 Å². The summed E-state index contributed by atoms with van der Waals surface area (Å²) in [5.41, 5.74) is 0.941. The van der Waals surface area contributed by atoms with Crippen LogP contribution in [-0.2, 0) is 0 Å². The molecule has 1 atom stereocenters. The smallest absolute Gasteiger partial charge is 0.255 e. The largest absolute Gasteiger partial charge is 0.508 e. The van der Waals surface area contributed by atoms with Crippen LogP contribution in [0.2, 0.25) is 0 Å². The van der Waals surface area contributed by atoms with Crippen molar-refractivity contribution in [2.45, 2.75) is 26.8 Å². The molecule has 0 aliphatic heterocycles. The molecule has 0 aliphatic carbocycles. The van der Waals surface area contributed by atoms with E-state index in [-0.39, 0.29) is 23.1 Å². The van der Waals surface area contributed by atoms with Gasteiger partial charge in [0.2, 0.25) is 0 Å². The van der Waals surface area contributed by atoms with Crippen molar-refractivity contribution in [2.24, 2.45) is 0 Å². The summed E-state index contributed by atoms with van der Waals surface area (Å²) in [6, 6.07) is 3.64. The number of carbonyl (C=O) groups excluding carboxylic acids is 1. The van der Waals surface area contributed by atoms with Crippen LogP contribution in [0.1, 0.15) is 38.9 Å². The molecule has 1 amide bonds. The number of hydrogen-bond donors (Lipinski definition) is 3. The van der Waals surface area contributed by atoms with Gasteiger partial charge in [0, 0.05) is 4.88 Å². The molecule has 106 valence electrons. The average Bonchev–Trinajstić information content (AvgIpc) is 2.71. The first-order valence-corrected chi connectivity index (χ1v) is 6.97. The van der Waals surface area contributed by atoms with E-state index in [4.69, 9.17) is 0 Å². The van der Waals surface area contributed by atoms with E-state index in [2.05, 4.69) is 10.3 Å². The second-order valence-electron chi connectivity index (χ2n) is 4.58. The SMILES string of the molecule is Cc1nc(C)c(C(C)NC(=O)c2cc(O)ccc2O)s1. The fourth-order valence-electron chi connectivity index (χ4n) is 1.99. The van der Waals surface area contributed by atoms with E-state index in [9.17, 15) is 15.0 Å². The highest BCUT2D eigenvalue weighted by molar-refractivity contribution is 7.11. The number of amides is 1. The van der Waals surface area contributed by atoms with Crippen LogP contribution in [0.3, 0.4) is 0 Å². The molecule has 0 saturated heterocycles. The standard InChI is InChI=1S/C14H16N2O3S/c1-7-13(20-9(3)15-7)8(2)16-14(19)11-6-10(17)4-5-12(11)18/h4-6,8,17-18H,1-3H3,(H,16,19). The van der Waals surface area contributed by atoms with Crippen molar-refractivity contribution < 1.29 is 15.0 Å². The molecule has 1 aromatic carbocycles. The Balaban J connectivity index is 2.19. The van der Waals surface area contributed by atoms with E-state index in [1.165, 1.54) is 29.5 Å². The molecule has 5 nitrogen and oxygen atoms in total. The van der Waals surface area contributed by atoms with Crippen molar-refractivity contribution in [1.82, 2.24) is 10.3 Å². The highest BCUT2D eigenvalue weighted by Crippen LogP contribution is 2.26. The molecule has 3 N–H and O–H groups in total. The molecule has 0 fully saturated rings. The van der Waals surface area contributed by atoms with Crippen LogP contribution < -0.4 is 5.32 Å². The third-order valence-electron chi connectivity index (χ3n) is 2.91. The van der Waals surface area contributed by atoms with Crippen LogP contribution in [-0.4, -0.2) is 21.1 Å². The van der Waals surface area contributed by atoms with Gasteiger partial charge in [0.1, 0.15) is 11.5 Å². The molecule has 2 aromatic rings. The molecule has 0 bridgehead atoms. The fraction of sp³-hybridized carbons (Fsp3) is 0.286. The van der Waals surface area contributed by atoms with E-state index < -0.39 is 5.91 Å². The summed E-state index contributed by atoms with van der Waals surface area (Å²) < 4.78 is 0. The maximum atomic E-state index is 12.1. The van der Waals surface area contributed by atoms with Gasteiger partial charge in [-0.1, -0.05) is 0 Å². The number of nitrogens with zero attached hydrogens (tertiary/aromatic N) is 1. The number of aromatic hydroxyl groups is 2. The first-order chi connectivity index (χ1) is 9.38. The summed E-state index contributed by atoms with van der Waals surface area (Å²) in [7, 11) is 0. The topological polar surface area (TPSA) is 82.5 Å². The number of phenolic OH excluding ortho intramolecular Hbond substituents is 2. The van der Waals surface area contributed by atoms with Crippen molar-refractivity contribution in [3.8, 4) is 11.5 Å². The lowest BCUT2D eigenvalue weighted by Gasteiger charge is -2.13. The third kappa shape index (κ3) is 2.91. The lowest BCUT2D eigenvalue weighted by Crippen LogP contribution is -2.26. The first kappa shape index (κ1) is 14.3. The van der Waals surface area contributed by atoms with Gasteiger partial charge in [-0.2, -0.15) is 0 Å². The highest BCUT2D eigenvalue weighted by Gasteiger charge is 2.18. The molecular weight excluding hydrogens is 276 g/mol. The Morgan fingerprint density at radius 1 is 1.35 bits per heavy atom. The summed E-state index contributed by atoms with van der Waals surface area (Å²) in [4.78, 5) is 17.4. The molecule has 2 rings (SSSR count). The minimum absolute atomic E-state index is 0.0516. The molecule has 6 heteroatoms. The van der Waals surface area contributed by atoms with Gasteiger partial charge >= 0.3 is 0 Å². The van der Waals surface area contributed by atoms with Crippen LogP contribution in [0.25, 0.3) is 0 Å². The van der Waals surface area contributed by atoms with E-state index in [0.29, 0.717) is 0 Å². The quantitative estimate of drug-likeness (QED) is 0.760. The Morgan fingerprint density at radius 3 is 2.65 bits per heavy atom. The second kappa shape index (κ2) is 5.50. The number of nitrogens with one attached hydrogen (secondary N) is 1. The lowest BCUT2D eigenvalue weighted by atomic mass is 10.1. The lowest BCUT2D eigenvalue weighted by molar-refractivity contribution is 0.0937. The molecule has 1 aromatic heterocycles. The van der Waals surface area contributed by atoms with E-state index in [0.717, 1.165) is 15.6 Å². The Bertz CT molecular complexity index is 652. The number of benzene rings is 1. The van der Waals surface area contributed by atoms with Crippen LogP contribution in [0, 0.1) is 13.8 Å². The molecular formula is C14H16N2O3S. The third-order valence-corrected chi connectivity index (χ3v) is 4.16. The van der Waals surface area contributed by atoms with E-state index in [1.54, 1.807) is 0 Å². The van der Waals surface area contributed by atoms with Crippen LogP contribution in [0.15, 0.2) is 18.2 Å². The first-order valence-electron chi connectivity index (χ1n) is 6.15. The predicted molar refractivity (Wildman–Crippen MR) is 77.2 cm³/mol. The van der Waals surface area contributed by atoms with Crippen molar-refractivity contribution >= 4 is 17.2 Å². The minimum atomic E-state index is -0.434. The summed E-state index contributed by atoms with van der Waals surface area (Å²) in [5, 5.41) is 22.8. The van der Waals surface area contributed by atoms with Crippen LogP contribution in [0.4, 0.5) is 0 Å². The highest BCUT2D eigenvalue weighted by atomic mass is 32.1. The normalized spacial score (nSPS) is 12.2. The average molecular weight is 292 g/mol. The molecule has 0 radical (unpaired) electrons. The molecule has 1 heterocycles. The zero-order valence-electron chi connectivity index (χ0n) is 11.5. The summed E-state index contributed by atoms with van der Waals surface area (Å²) >= 11 is 1.53. The van der Waals surface area contributed by atoms with Crippen molar-refractivity contribution in [1.29, 1.82) is 0 Å². The van der Waals surface area contributed by atoms with E-state index >= 15 is 0 Å². The summed E-state index contributed by atoms with van der Waals surface area (Å²) in [6.07, 6.45) is 0. The number of aromatic nitrogens is 1. The maximum absolute atomic E-state index is 12.1. The van der Waals surface area contributed by atoms with Gasteiger partial charge in [0.05, 0.1) is 22.3 Å². The summed E-state index contributed by atoms with van der Waals surface area (Å²) in [6.45, 7) is 5.67. The van der Waals surface area contributed by atoms with Gasteiger partial charge in [0.15, 0.2) is 0 Å². The number of rotatable bonds is 3. The number of aryl methyl sites for hydroxylation is 2. The molecule has 0 saturated carbocycles. The number of hydrogen-bond acceptors (Lipinski definition) is 5. The molecule has 0 spiro atoms. The fourth-order valence-corrected chi connectivity index (χ4v) is 2.92.